The molecule has 3 aromatic heterocycles. The first-order chi connectivity index (χ1) is 15.7. The van der Waals surface area contributed by atoms with Gasteiger partial charge >= 0.3 is 0 Å². The highest BCUT2D eigenvalue weighted by Crippen LogP contribution is 2.19. The highest BCUT2D eigenvalue weighted by Gasteiger charge is 2.13. The molecule has 1 amide bonds. The van der Waals surface area contributed by atoms with Crippen molar-refractivity contribution in [3.63, 3.8) is 0 Å². The maximum absolute atomic E-state index is 13.1. The Morgan fingerprint density at radius 3 is 2.84 bits per heavy atom. The van der Waals surface area contributed by atoms with Crippen LogP contribution in [-0.2, 0) is 6.54 Å². The molecule has 0 unspecified atom stereocenters. The lowest BCUT2D eigenvalue weighted by Crippen LogP contribution is -2.26. The van der Waals surface area contributed by atoms with Crippen molar-refractivity contribution in [2.45, 2.75) is 38.6 Å². The van der Waals surface area contributed by atoms with Crippen LogP contribution in [0.1, 0.15) is 48.0 Å². The summed E-state index contributed by atoms with van der Waals surface area (Å²) in [4.78, 5) is 30.3. The first-order valence-electron chi connectivity index (χ1n) is 11.2. The highest BCUT2D eigenvalue weighted by molar-refractivity contribution is 5.94. The predicted molar refractivity (Wildman–Crippen MR) is 126 cm³/mol. The lowest BCUT2D eigenvalue weighted by atomic mass is 9.97. The third kappa shape index (κ3) is 3.96. The molecule has 3 heterocycles. The highest BCUT2D eigenvalue weighted by atomic mass is 16.1. The van der Waals surface area contributed by atoms with Crippen molar-refractivity contribution in [3.05, 3.63) is 94.1 Å². The van der Waals surface area contributed by atoms with E-state index < -0.39 is 0 Å². The van der Waals surface area contributed by atoms with Crippen LogP contribution in [-0.4, -0.2) is 26.4 Å². The molecule has 1 aliphatic rings. The first-order valence-corrected chi connectivity index (χ1v) is 11.2. The van der Waals surface area contributed by atoms with Crippen LogP contribution in [0.25, 0.3) is 16.7 Å². The normalized spacial score (nSPS) is 13.9. The van der Waals surface area contributed by atoms with Gasteiger partial charge in [-0.2, -0.15) is 0 Å². The summed E-state index contributed by atoms with van der Waals surface area (Å²) in [5, 5.41) is 3.04. The van der Waals surface area contributed by atoms with E-state index in [2.05, 4.69) is 16.4 Å². The Kier molecular flexibility index (Phi) is 5.58. The van der Waals surface area contributed by atoms with Crippen molar-refractivity contribution in [1.29, 1.82) is 0 Å². The predicted octanol–water partition coefficient (Wildman–Crippen LogP) is 4.32. The van der Waals surface area contributed by atoms with E-state index in [0.717, 1.165) is 30.3 Å². The first kappa shape index (κ1) is 20.2. The Hall–Kier alpha value is -3.67. The number of nitrogens with one attached hydrogen (secondary N) is 1. The van der Waals surface area contributed by atoms with Crippen LogP contribution >= 0.6 is 0 Å². The van der Waals surface area contributed by atoms with E-state index in [1.54, 1.807) is 10.8 Å². The summed E-state index contributed by atoms with van der Waals surface area (Å²) in [6.07, 6.45) is 11.6. The molecule has 6 nitrogen and oxygen atoms in total. The number of fused-ring (bicyclic) bond motifs is 3. The zero-order chi connectivity index (χ0) is 21.9. The number of hydrogen-bond donors (Lipinski definition) is 1. The number of carbonyl (C=O) groups excluding carboxylic acids is 1. The molecule has 0 spiro atoms. The molecule has 5 rings (SSSR count). The molecule has 1 N–H and O–H groups in total. The number of amides is 1. The fraction of sp³-hybridized carbons (Fsp3) is 0.269. The molecule has 0 fully saturated rings. The van der Waals surface area contributed by atoms with Gasteiger partial charge < -0.3 is 9.72 Å². The molecule has 0 bridgehead atoms. The van der Waals surface area contributed by atoms with Gasteiger partial charge in [0.25, 0.3) is 11.5 Å². The molecule has 4 aromatic rings. The number of pyridine rings is 1. The van der Waals surface area contributed by atoms with Gasteiger partial charge in [0.1, 0.15) is 5.52 Å². The third-order valence-corrected chi connectivity index (χ3v) is 6.14. The lowest BCUT2D eigenvalue weighted by Gasteiger charge is -2.14. The van der Waals surface area contributed by atoms with Gasteiger partial charge in [0, 0.05) is 24.5 Å². The van der Waals surface area contributed by atoms with Crippen molar-refractivity contribution in [2.75, 3.05) is 6.54 Å². The summed E-state index contributed by atoms with van der Waals surface area (Å²) < 4.78 is 3.55. The Balaban J connectivity index is 1.37. The molecular formula is C26H26N4O2. The summed E-state index contributed by atoms with van der Waals surface area (Å²) >= 11 is 0. The van der Waals surface area contributed by atoms with E-state index in [9.17, 15) is 9.59 Å². The number of hydrogen-bond acceptors (Lipinski definition) is 3. The minimum Gasteiger partial charge on any atom is -0.352 e. The zero-order valence-electron chi connectivity index (χ0n) is 18.0. The van der Waals surface area contributed by atoms with E-state index in [-0.39, 0.29) is 11.5 Å². The van der Waals surface area contributed by atoms with E-state index in [0.29, 0.717) is 29.8 Å². The molecule has 0 aliphatic heterocycles. The van der Waals surface area contributed by atoms with Gasteiger partial charge in [0.15, 0.2) is 5.65 Å². The Labute approximate surface area is 186 Å². The SMILES string of the molecule is O=C(NCCC1=CCCCC1)c1cccc(Cn2c(=O)c3cccn3c3cccnc32)c1. The van der Waals surface area contributed by atoms with Gasteiger partial charge in [-0.3, -0.25) is 14.2 Å². The fourth-order valence-electron chi connectivity index (χ4n) is 4.49. The van der Waals surface area contributed by atoms with Crippen molar-refractivity contribution >= 4 is 22.6 Å². The zero-order valence-corrected chi connectivity index (χ0v) is 18.0. The van der Waals surface area contributed by atoms with E-state index >= 15 is 0 Å². The molecule has 0 saturated heterocycles. The second-order valence-electron chi connectivity index (χ2n) is 8.32. The van der Waals surface area contributed by atoms with Crippen molar-refractivity contribution in [2.24, 2.45) is 0 Å². The number of allylic oxidation sites excluding steroid dienone is 1. The van der Waals surface area contributed by atoms with Gasteiger partial charge in [0.05, 0.1) is 12.1 Å². The summed E-state index contributed by atoms with van der Waals surface area (Å²) in [5.74, 6) is -0.0827. The quantitative estimate of drug-likeness (QED) is 0.467. The minimum absolute atomic E-state index is 0.0827. The molecule has 1 aromatic carbocycles. The average molecular weight is 427 g/mol. The maximum Gasteiger partial charge on any atom is 0.276 e. The van der Waals surface area contributed by atoms with Crippen LogP contribution in [0.2, 0.25) is 0 Å². The van der Waals surface area contributed by atoms with Crippen molar-refractivity contribution in [1.82, 2.24) is 19.3 Å². The number of rotatable bonds is 6. The van der Waals surface area contributed by atoms with Crippen LogP contribution in [0, 0.1) is 0 Å². The van der Waals surface area contributed by atoms with Crippen LogP contribution in [0.5, 0.6) is 0 Å². The summed E-state index contributed by atoms with van der Waals surface area (Å²) in [5.41, 5.74) is 4.94. The molecule has 0 radical (unpaired) electrons. The third-order valence-electron chi connectivity index (χ3n) is 6.14. The molecule has 162 valence electrons. The largest absolute Gasteiger partial charge is 0.352 e. The van der Waals surface area contributed by atoms with Crippen LogP contribution in [0.4, 0.5) is 0 Å². The number of benzene rings is 1. The summed E-state index contributed by atoms with van der Waals surface area (Å²) in [6, 6.07) is 15.0. The van der Waals surface area contributed by atoms with Crippen LogP contribution in [0.15, 0.2) is 77.4 Å². The van der Waals surface area contributed by atoms with Crippen LogP contribution in [0.3, 0.4) is 0 Å². The number of nitrogens with zero attached hydrogens (tertiary/aromatic N) is 3. The smallest absolute Gasteiger partial charge is 0.276 e. The van der Waals surface area contributed by atoms with Crippen molar-refractivity contribution in [3.8, 4) is 0 Å². The second kappa shape index (κ2) is 8.83. The Morgan fingerprint density at radius 1 is 1.06 bits per heavy atom. The Bertz CT molecular complexity index is 1380. The Morgan fingerprint density at radius 2 is 1.97 bits per heavy atom. The molecular weight excluding hydrogens is 400 g/mol. The monoisotopic (exact) mass is 426 g/mol. The van der Waals surface area contributed by atoms with Crippen LogP contribution < -0.4 is 10.9 Å². The molecule has 0 saturated carbocycles. The standard InChI is InChI=1S/C26H26N4O2/c31-25(28-15-13-19-7-2-1-3-8-19)21-10-4-9-20(17-21)18-30-24-22(11-5-14-27-24)29-16-6-12-23(29)26(30)32/h4-7,9-12,14,16-17H,1-3,8,13,15,18H2,(H,28,31). The van der Waals surface area contributed by atoms with E-state index in [4.69, 9.17) is 0 Å². The van der Waals surface area contributed by atoms with Gasteiger partial charge in [-0.05, 0) is 74.1 Å². The molecule has 0 atom stereocenters. The van der Waals surface area contributed by atoms with Gasteiger partial charge in [-0.1, -0.05) is 23.8 Å². The van der Waals surface area contributed by atoms with Gasteiger partial charge in [-0.15, -0.1) is 0 Å². The molecule has 32 heavy (non-hydrogen) atoms. The van der Waals surface area contributed by atoms with Crippen molar-refractivity contribution < 1.29 is 4.79 Å². The second-order valence-corrected chi connectivity index (χ2v) is 8.32. The lowest BCUT2D eigenvalue weighted by molar-refractivity contribution is 0.0954. The summed E-state index contributed by atoms with van der Waals surface area (Å²) in [7, 11) is 0. The minimum atomic E-state index is -0.100. The average Bonchev–Trinajstić information content (AvgIpc) is 3.33. The van der Waals surface area contributed by atoms with Gasteiger partial charge in [0.2, 0.25) is 0 Å². The molecule has 1 aliphatic carbocycles. The van der Waals surface area contributed by atoms with E-state index in [1.807, 2.05) is 59.1 Å². The summed E-state index contributed by atoms with van der Waals surface area (Å²) in [6.45, 7) is 0.996. The molecule has 6 heteroatoms. The van der Waals surface area contributed by atoms with E-state index in [1.165, 1.54) is 18.4 Å². The maximum atomic E-state index is 13.1. The number of aromatic nitrogens is 3. The van der Waals surface area contributed by atoms with Gasteiger partial charge in [-0.25, -0.2) is 4.98 Å². The topological polar surface area (TPSA) is 68.4 Å². The fourth-order valence-corrected chi connectivity index (χ4v) is 4.49. The number of carbonyl (C=O) groups is 1.